The van der Waals surface area contributed by atoms with Gasteiger partial charge in [0, 0.05) is 27.6 Å². The molecule has 0 aliphatic rings. The number of aromatic nitrogens is 3. The van der Waals surface area contributed by atoms with E-state index in [2.05, 4.69) is 20.8 Å². The Morgan fingerprint density at radius 3 is 2.23 bits per heavy atom. The first-order valence-electron chi connectivity index (χ1n) is 10.9. The van der Waals surface area contributed by atoms with Crippen LogP contribution in [0.2, 0.25) is 5.02 Å². The molecule has 0 aliphatic carbocycles. The molecule has 0 bridgehead atoms. The van der Waals surface area contributed by atoms with Crippen LogP contribution in [0.5, 0.6) is 0 Å². The van der Waals surface area contributed by atoms with Crippen molar-refractivity contribution >= 4 is 46.4 Å². The molecule has 35 heavy (non-hydrogen) atoms. The summed E-state index contributed by atoms with van der Waals surface area (Å²) in [5.74, 6) is 0.643. The van der Waals surface area contributed by atoms with Crippen LogP contribution in [0.25, 0.3) is 5.69 Å². The monoisotopic (exact) mass is 505 g/mol. The highest BCUT2D eigenvalue weighted by Gasteiger charge is 2.16. The first kappa shape index (κ1) is 24.5. The second-order valence-corrected chi connectivity index (χ2v) is 9.28. The number of thioether (sulfide) groups is 1. The quantitative estimate of drug-likeness (QED) is 0.221. The number of hydrogen-bond acceptors (Lipinski definition) is 6. The van der Waals surface area contributed by atoms with Gasteiger partial charge in [0.2, 0.25) is 5.91 Å². The standard InChI is InChI=1S/C26H24ClN5O2S/c1-17-3-9-21(10-4-17)28-15-24-30-31-26(32(24)23-13-7-20(27)8-14-23)35-16-25(34)29-22-11-5-19(6-12-22)18(2)33/h3-14,28H,15-16H2,1-2H3,(H,29,34). The molecule has 0 radical (unpaired) electrons. The zero-order valence-electron chi connectivity index (χ0n) is 19.3. The molecule has 0 aliphatic heterocycles. The van der Waals surface area contributed by atoms with Crippen LogP contribution < -0.4 is 10.6 Å². The molecule has 1 amide bonds. The number of benzene rings is 3. The highest BCUT2D eigenvalue weighted by molar-refractivity contribution is 7.99. The number of nitrogens with one attached hydrogen (secondary N) is 2. The fraction of sp³-hybridized carbons (Fsp3) is 0.154. The second kappa shape index (κ2) is 11.2. The molecule has 0 saturated heterocycles. The van der Waals surface area contributed by atoms with Gasteiger partial charge in [0.1, 0.15) is 0 Å². The van der Waals surface area contributed by atoms with E-state index in [1.165, 1.54) is 24.2 Å². The van der Waals surface area contributed by atoms with Crippen LogP contribution in [-0.4, -0.2) is 32.2 Å². The summed E-state index contributed by atoms with van der Waals surface area (Å²) in [6, 6.07) is 22.3. The van der Waals surface area contributed by atoms with E-state index in [0.29, 0.717) is 33.8 Å². The van der Waals surface area contributed by atoms with Crippen molar-refractivity contribution in [1.82, 2.24) is 14.8 Å². The van der Waals surface area contributed by atoms with E-state index < -0.39 is 0 Å². The summed E-state index contributed by atoms with van der Waals surface area (Å²) in [5.41, 5.74) is 4.24. The Kier molecular flexibility index (Phi) is 7.84. The number of aryl methyl sites for hydroxylation is 1. The fourth-order valence-corrected chi connectivity index (χ4v) is 4.22. The SMILES string of the molecule is CC(=O)c1ccc(NC(=O)CSc2nnc(CNc3ccc(C)cc3)n2-c2ccc(Cl)cc2)cc1. The number of nitrogens with zero attached hydrogens (tertiary/aromatic N) is 3. The van der Waals surface area contributed by atoms with Crippen LogP contribution in [0.1, 0.15) is 28.7 Å². The van der Waals surface area contributed by atoms with Crippen molar-refractivity contribution in [3.05, 3.63) is 94.8 Å². The molecular formula is C26H24ClN5O2S. The Morgan fingerprint density at radius 2 is 1.57 bits per heavy atom. The topological polar surface area (TPSA) is 88.9 Å². The molecule has 0 atom stereocenters. The highest BCUT2D eigenvalue weighted by atomic mass is 35.5. The number of carbonyl (C=O) groups is 2. The normalized spacial score (nSPS) is 10.7. The summed E-state index contributed by atoms with van der Waals surface area (Å²) in [4.78, 5) is 24.0. The van der Waals surface area contributed by atoms with Gasteiger partial charge < -0.3 is 10.6 Å². The van der Waals surface area contributed by atoms with Gasteiger partial charge in [0.05, 0.1) is 12.3 Å². The fourth-order valence-electron chi connectivity index (χ4n) is 3.33. The predicted octanol–water partition coefficient (Wildman–Crippen LogP) is 5.77. The largest absolute Gasteiger partial charge is 0.378 e. The van der Waals surface area contributed by atoms with Gasteiger partial charge >= 0.3 is 0 Å². The minimum atomic E-state index is -0.185. The number of hydrogen-bond donors (Lipinski definition) is 2. The smallest absolute Gasteiger partial charge is 0.234 e. The molecule has 178 valence electrons. The van der Waals surface area contributed by atoms with Crippen LogP contribution in [0.4, 0.5) is 11.4 Å². The molecule has 4 rings (SSSR count). The number of rotatable bonds is 9. The van der Waals surface area contributed by atoms with Gasteiger partial charge in [0.25, 0.3) is 0 Å². The van der Waals surface area contributed by atoms with E-state index in [1.807, 2.05) is 47.9 Å². The van der Waals surface area contributed by atoms with Crippen LogP contribution in [0, 0.1) is 6.92 Å². The second-order valence-electron chi connectivity index (χ2n) is 7.90. The highest BCUT2D eigenvalue weighted by Crippen LogP contribution is 2.24. The molecule has 1 heterocycles. The van der Waals surface area contributed by atoms with Crippen molar-refractivity contribution in [2.24, 2.45) is 0 Å². The van der Waals surface area contributed by atoms with Gasteiger partial charge in [0.15, 0.2) is 16.8 Å². The zero-order valence-corrected chi connectivity index (χ0v) is 20.9. The van der Waals surface area contributed by atoms with Crippen molar-refractivity contribution < 1.29 is 9.59 Å². The summed E-state index contributed by atoms with van der Waals surface area (Å²) in [5, 5.41) is 16.1. The summed E-state index contributed by atoms with van der Waals surface area (Å²) < 4.78 is 1.91. The minimum Gasteiger partial charge on any atom is -0.378 e. The molecule has 9 heteroatoms. The number of halogens is 1. The molecule has 0 spiro atoms. The van der Waals surface area contributed by atoms with Gasteiger partial charge in [-0.1, -0.05) is 41.1 Å². The maximum atomic E-state index is 12.6. The lowest BCUT2D eigenvalue weighted by Gasteiger charge is -2.12. The van der Waals surface area contributed by atoms with Gasteiger partial charge in [-0.3, -0.25) is 14.2 Å². The molecular weight excluding hydrogens is 482 g/mol. The predicted molar refractivity (Wildman–Crippen MR) is 141 cm³/mol. The minimum absolute atomic E-state index is 0.0207. The summed E-state index contributed by atoms with van der Waals surface area (Å²) >= 11 is 7.37. The molecule has 4 aromatic rings. The molecule has 0 unspecified atom stereocenters. The molecule has 7 nitrogen and oxygen atoms in total. The van der Waals surface area contributed by atoms with E-state index >= 15 is 0 Å². The zero-order chi connectivity index (χ0) is 24.8. The number of amides is 1. The average Bonchev–Trinajstić information content (AvgIpc) is 3.26. The van der Waals surface area contributed by atoms with Crippen molar-refractivity contribution in [2.45, 2.75) is 25.5 Å². The van der Waals surface area contributed by atoms with Crippen molar-refractivity contribution in [2.75, 3.05) is 16.4 Å². The summed E-state index contributed by atoms with van der Waals surface area (Å²) in [7, 11) is 0. The van der Waals surface area contributed by atoms with Gasteiger partial charge in [-0.2, -0.15) is 0 Å². The first-order valence-corrected chi connectivity index (χ1v) is 12.3. The van der Waals surface area contributed by atoms with E-state index in [4.69, 9.17) is 11.6 Å². The summed E-state index contributed by atoms with van der Waals surface area (Å²) in [6.07, 6.45) is 0. The van der Waals surface area contributed by atoms with Crippen LogP contribution in [0.3, 0.4) is 0 Å². The third-order valence-electron chi connectivity index (χ3n) is 5.19. The lowest BCUT2D eigenvalue weighted by molar-refractivity contribution is -0.113. The van der Waals surface area contributed by atoms with Crippen LogP contribution >= 0.6 is 23.4 Å². The Hall–Kier alpha value is -3.62. The number of ketones is 1. The number of anilines is 2. The molecule has 2 N–H and O–H groups in total. The van der Waals surface area contributed by atoms with Crippen molar-refractivity contribution in [1.29, 1.82) is 0 Å². The van der Waals surface area contributed by atoms with E-state index in [9.17, 15) is 9.59 Å². The first-order chi connectivity index (χ1) is 16.9. The van der Waals surface area contributed by atoms with Crippen molar-refractivity contribution in [3.63, 3.8) is 0 Å². The maximum Gasteiger partial charge on any atom is 0.234 e. The molecule has 1 aromatic heterocycles. The number of Topliss-reactive ketones (excluding diaryl/α,β-unsaturated/α-hetero) is 1. The molecule has 0 saturated carbocycles. The average molecular weight is 506 g/mol. The lowest BCUT2D eigenvalue weighted by Crippen LogP contribution is -2.15. The van der Waals surface area contributed by atoms with E-state index in [-0.39, 0.29) is 17.4 Å². The van der Waals surface area contributed by atoms with Gasteiger partial charge in [-0.05, 0) is 74.5 Å². The summed E-state index contributed by atoms with van der Waals surface area (Å²) in [6.45, 7) is 4.00. The van der Waals surface area contributed by atoms with Crippen molar-refractivity contribution in [3.8, 4) is 5.69 Å². The Morgan fingerprint density at radius 1 is 0.914 bits per heavy atom. The Labute approximate surface area is 212 Å². The Balaban J connectivity index is 1.48. The van der Waals surface area contributed by atoms with Crippen LogP contribution in [0.15, 0.2) is 78.0 Å². The molecule has 3 aromatic carbocycles. The molecule has 0 fully saturated rings. The van der Waals surface area contributed by atoms with Crippen LogP contribution in [-0.2, 0) is 11.3 Å². The lowest BCUT2D eigenvalue weighted by atomic mass is 10.1. The maximum absolute atomic E-state index is 12.6. The number of carbonyl (C=O) groups excluding carboxylic acids is 2. The van der Waals surface area contributed by atoms with Gasteiger partial charge in [-0.15, -0.1) is 10.2 Å². The third-order valence-corrected chi connectivity index (χ3v) is 6.38. The van der Waals surface area contributed by atoms with E-state index in [0.717, 1.165) is 11.4 Å². The van der Waals surface area contributed by atoms with E-state index in [1.54, 1.807) is 36.4 Å². The van der Waals surface area contributed by atoms with Gasteiger partial charge in [-0.25, -0.2) is 0 Å². The Bertz CT molecular complexity index is 1320. The third kappa shape index (κ3) is 6.49.